The molecule has 0 bridgehead atoms. The summed E-state index contributed by atoms with van der Waals surface area (Å²) in [6.45, 7) is 4.44. The van der Waals surface area contributed by atoms with E-state index in [1.807, 2.05) is 38.1 Å². The summed E-state index contributed by atoms with van der Waals surface area (Å²) >= 11 is 5.07. The average Bonchev–Trinajstić information content (AvgIpc) is 3.08. The number of carbonyl (C=O) groups is 1. The molecule has 3 N–H and O–H groups in total. The van der Waals surface area contributed by atoms with Crippen molar-refractivity contribution in [2.24, 2.45) is 0 Å². The number of hydrogen-bond acceptors (Lipinski definition) is 6. The van der Waals surface area contributed by atoms with Gasteiger partial charge in [0.05, 0.1) is 6.61 Å². The first kappa shape index (κ1) is 19.8. The van der Waals surface area contributed by atoms with Crippen molar-refractivity contribution in [2.75, 3.05) is 13.7 Å². The van der Waals surface area contributed by atoms with Crippen LogP contribution >= 0.6 is 12.2 Å². The Hall–Kier alpha value is -2.52. The fourth-order valence-electron chi connectivity index (χ4n) is 2.14. The highest BCUT2D eigenvalue weighted by Crippen LogP contribution is 2.16. The van der Waals surface area contributed by atoms with E-state index in [0.717, 1.165) is 11.1 Å². The number of carbonyl (C=O) groups excluding carboxylic acids is 1. The Kier molecular flexibility index (Phi) is 7.49. The summed E-state index contributed by atoms with van der Waals surface area (Å²) < 4.78 is 10.2. The molecule has 26 heavy (non-hydrogen) atoms. The molecule has 0 saturated carbocycles. The van der Waals surface area contributed by atoms with Gasteiger partial charge in [0.1, 0.15) is 0 Å². The highest BCUT2D eigenvalue weighted by atomic mass is 32.1. The number of benzene rings is 1. The van der Waals surface area contributed by atoms with E-state index >= 15 is 0 Å². The molecule has 1 aromatic heterocycles. The Balaban J connectivity index is 1.74. The lowest BCUT2D eigenvalue weighted by Gasteiger charge is -2.16. The van der Waals surface area contributed by atoms with E-state index in [4.69, 9.17) is 21.5 Å². The first-order valence-electron chi connectivity index (χ1n) is 8.22. The fourth-order valence-corrected chi connectivity index (χ4v) is 2.39. The largest absolute Gasteiger partial charge is 0.383 e. The molecule has 1 heterocycles. The van der Waals surface area contributed by atoms with Gasteiger partial charge >= 0.3 is 0 Å². The molecular formula is C17H23N5O3S. The maximum Gasteiger partial charge on any atom is 0.238 e. The van der Waals surface area contributed by atoms with E-state index in [-0.39, 0.29) is 18.4 Å². The normalized spacial score (nSPS) is 11.7. The molecule has 1 atom stereocenters. The van der Waals surface area contributed by atoms with Crippen molar-refractivity contribution < 1.29 is 14.1 Å². The van der Waals surface area contributed by atoms with Crippen molar-refractivity contribution in [1.82, 2.24) is 26.3 Å². The monoisotopic (exact) mass is 377 g/mol. The molecule has 0 aliphatic heterocycles. The Bertz CT molecular complexity index is 732. The molecule has 0 aliphatic carbocycles. The van der Waals surface area contributed by atoms with Gasteiger partial charge in [0.25, 0.3) is 0 Å². The van der Waals surface area contributed by atoms with E-state index in [1.165, 1.54) is 0 Å². The number of ether oxygens (including phenoxy) is 1. The molecule has 1 aromatic carbocycles. The maximum absolute atomic E-state index is 11.9. The molecule has 2 aromatic rings. The van der Waals surface area contributed by atoms with Crippen LogP contribution in [0.25, 0.3) is 11.4 Å². The van der Waals surface area contributed by atoms with Crippen molar-refractivity contribution in [1.29, 1.82) is 0 Å². The van der Waals surface area contributed by atoms with E-state index < -0.39 is 0 Å². The minimum absolute atomic E-state index is 0.0375. The molecule has 8 nitrogen and oxygen atoms in total. The average molecular weight is 377 g/mol. The van der Waals surface area contributed by atoms with Crippen molar-refractivity contribution in [2.45, 2.75) is 32.7 Å². The van der Waals surface area contributed by atoms with E-state index in [9.17, 15) is 4.79 Å². The molecule has 0 spiro atoms. The van der Waals surface area contributed by atoms with Crippen molar-refractivity contribution in [3.8, 4) is 11.4 Å². The lowest BCUT2D eigenvalue weighted by molar-refractivity contribution is -0.121. The highest BCUT2D eigenvalue weighted by Gasteiger charge is 2.11. The molecule has 9 heteroatoms. The highest BCUT2D eigenvalue weighted by molar-refractivity contribution is 7.80. The molecule has 0 unspecified atom stereocenters. The second-order valence-corrected chi connectivity index (χ2v) is 6.29. The SMILES string of the molecule is COC[C@@H](C)NC(=S)NNC(=O)CCc1nc(-c2ccc(C)cc2)no1. The third-order valence-electron chi connectivity index (χ3n) is 3.45. The number of amides is 1. The predicted octanol–water partition coefficient (Wildman–Crippen LogP) is 1.51. The molecule has 1 amide bonds. The molecule has 0 fully saturated rings. The lowest BCUT2D eigenvalue weighted by Crippen LogP contribution is -2.50. The van der Waals surface area contributed by atoms with Crippen LogP contribution in [0, 0.1) is 6.92 Å². The minimum Gasteiger partial charge on any atom is -0.383 e. The van der Waals surface area contributed by atoms with Gasteiger partial charge in [-0.05, 0) is 26.1 Å². The van der Waals surface area contributed by atoms with Crippen LogP contribution in [0.5, 0.6) is 0 Å². The van der Waals surface area contributed by atoms with Crippen LogP contribution in [0.15, 0.2) is 28.8 Å². The minimum atomic E-state index is -0.233. The topological polar surface area (TPSA) is 101 Å². The number of hydrazine groups is 1. The van der Waals surface area contributed by atoms with Gasteiger partial charge in [-0.2, -0.15) is 4.98 Å². The third-order valence-corrected chi connectivity index (χ3v) is 3.67. The van der Waals surface area contributed by atoms with Crippen molar-refractivity contribution in [3.05, 3.63) is 35.7 Å². The summed E-state index contributed by atoms with van der Waals surface area (Å²) in [6.07, 6.45) is 0.533. The van der Waals surface area contributed by atoms with Crippen LogP contribution in [0.4, 0.5) is 0 Å². The van der Waals surface area contributed by atoms with Crippen LogP contribution in [-0.4, -0.2) is 40.9 Å². The first-order chi connectivity index (χ1) is 12.5. The fraction of sp³-hybridized carbons (Fsp3) is 0.412. The Morgan fingerprint density at radius 3 is 2.73 bits per heavy atom. The van der Waals surface area contributed by atoms with Gasteiger partial charge in [-0.25, -0.2) is 0 Å². The number of rotatable bonds is 7. The summed E-state index contributed by atoms with van der Waals surface area (Å²) in [5.41, 5.74) is 7.20. The first-order valence-corrected chi connectivity index (χ1v) is 8.62. The van der Waals surface area contributed by atoms with Gasteiger partial charge in [-0.15, -0.1) is 0 Å². The third kappa shape index (κ3) is 6.41. The maximum atomic E-state index is 11.9. The summed E-state index contributed by atoms with van der Waals surface area (Å²) in [6, 6.07) is 7.86. The van der Waals surface area contributed by atoms with Gasteiger partial charge in [-0.1, -0.05) is 35.0 Å². The van der Waals surface area contributed by atoms with Crippen LogP contribution in [0.1, 0.15) is 24.8 Å². The molecule has 2 rings (SSSR count). The predicted molar refractivity (Wildman–Crippen MR) is 101 cm³/mol. The Labute approximate surface area is 157 Å². The Morgan fingerprint density at radius 2 is 2.04 bits per heavy atom. The van der Waals surface area contributed by atoms with Gasteiger partial charge in [0.2, 0.25) is 17.6 Å². The standard InChI is InChI=1S/C17H23N5O3S/c1-11-4-6-13(7-5-11)16-19-15(25-22-16)9-8-14(23)20-21-17(26)18-12(2)10-24-3/h4-7,12H,8-10H2,1-3H3,(H,20,23)(H2,18,21,26)/t12-/m1/s1. The second-order valence-electron chi connectivity index (χ2n) is 5.88. The van der Waals surface area contributed by atoms with Gasteiger partial charge in [0.15, 0.2) is 5.11 Å². The van der Waals surface area contributed by atoms with Gasteiger partial charge in [0, 0.05) is 31.6 Å². The number of thiocarbonyl (C=S) groups is 1. The van der Waals surface area contributed by atoms with Crippen LogP contribution in [0.3, 0.4) is 0 Å². The zero-order valence-corrected chi connectivity index (χ0v) is 15.9. The van der Waals surface area contributed by atoms with Crippen molar-refractivity contribution in [3.63, 3.8) is 0 Å². The zero-order valence-electron chi connectivity index (χ0n) is 15.0. The smallest absolute Gasteiger partial charge is 0.238 e. The van der Waals surface area contributed by atoms with E-state index in [0.29, 0.717) is 29.9 Å². The van der Waals surface area contributed by atoms with Crippen LogP contribution in [-0.2, 0) is 16.0 Å². The van der Waals surface area contributed by atoms with Gasteiger partial charge < -0.3 is 14.6 Å². The summed E-state index contributed by atoms with van der Waals surface area (Å²) in [7, 11) is 1.61. The molecule has 0 radical (unpaired) electrons. The number of hydrogen-bond donors (Lipinski definition) is 3. The van der Waals surface area contributed by atoms with Crippen LogP contribution < -0.4 is 16.2 Å². The molecular weight excluding hydrogens is 354 g/mol. The lowest BCUT2D eigenvalue weighted by atomic mass is 10.1. The van der Waals surface area contributed by atoms with Crippen molar-refractivity contribution >= 4 is 23.2 Å². The summed E-state index contributed by atoms with van der Waals surface area (Å²) in [5.74, 6) is 0.685. The molecule has 0 aliphatic rings. The van der Waals surface area contributed by atoms with Crippen LogP contribution in [0.2, 0.25) is 0 Å². The Morgan fingerprint density at radius 1 is 1.31 bits per heavy atom. The zero-order chi connectivity index (χ0) is 18.9. The summed E-state index contributed by atoms with van der Waals surface area (Å²) in [4.78, 5) is 16.2. The second kappa shape index (κ2) is 9.83. The number of aromatic nitrogens is 2. The number of nitrogens with one attached hydrogen (secondary N) is 3. The molecule has 140 valence electrons. The summed E-state index contributed by atoms with van der Waals surface area (Å²) in [5, 5.41) is 7.24. The molecule has 0 saturated heterocycles. The quantitative estimate of drug-likeness (QED) is 0.493. The van der Waals surface area contributed by atoms with E-state index in [1.54, 1.807) is 7.11 Å². The number of aryl methyl sites for hydroxylation is 2. The van der Waals surface area contributed by atoms with E-state index in [2.05, 4.69) is 26.3 Å². The number of nitrogens with zero attached hydrogens (tertiary/aromatic N) is 2. The number of methoxy groups -OCH3 is 1. The van der Waals surface area contributed by atoms with Gasteiger partial charge in [-0.3, -0.25) is 15.6 Å².